The lowest BCUT2D eigenvalue weighted by Gasteiger charge is -2.11. The van der Waals surface area contributed by atoms with Gasteiger partial charge in [0.05, 0.1) is 5.33 Å². The summed E-state index contributed by atoms with van der Waals surface area (Å²) in [5.74, 6) is -0.148. The Labute approximate surface area is 124 Å². The van der Waals surface area contributed by atoms with Crippen molar-refractivity contribution in [3.05, 3.63) is 29.3 Å². The van der Waals surface area contributed by atoms with Gasteiger partial charge in [0.15, 0.2) is 0 Å². The smallest absolute Gasteiger partial charge is 0.298 e. The summed E-state index contributed by atoms with van der Waals surface area (Å²) in [5, 5.41) is 0.619. The highest BCUT2D eigenvalue weighted by Crippen LogP contribution is 2.39. The molecule has 0 unspecified atom stereocenters. The quantitative estimate of drug-likeness (QED) is 0.521. The van der Waals surface area contributed by atoms with Gasteiger partial charge in [-0.15, -0.1) is 0 Å². The Bertz CT molecular complexity index is 435. The molecule has 0 aromatic heterocycles. The third kappa shape index (κ3) is 5.32. The van der Waals surface area contributed by atoms with Crippen molar-refractivity contribution in [1.29, 1.82) is 0 Å². The van der Waals surface area contributed by atoms with Gasteiger partial charge in [-0.05, 0) is 29.0 Å². The largest absolute Gasteiger partial charge is 0.446 e. The van der Waals surface area contributed by atoms with Gasteiger partial charge in [-0.25, -0.2) is 0 Å². The zero-order valence-electron chi connectivity index (χ0n) is 9.06. The van der Waals surface area contributed by atoms with E-state index in [4.69, 9.17) is 0 Å². The van der Waals surface area contributed by atoms with Gasteiger partial charge in [-0.2, -0.15) is 13.2 Å². The van der Waals surface area contributed by atoms with Crippen molar-refractivity contribution in [3.8, 4) is 0 Å². The molecule has 0 fully saturated rings. The maximum absolute atomic E-state index is 12.4. The van der Waals surface area contributed by atoms with E-state index in [-0.39, 0.29) is 34.2 Å². The van der Waals surface area contributed by atoms with Crippen LogP contribution in [0, 0.1) is 0 Å². The number of rotatable bonds is 5. The fraction of sp³-hybridized carbons (Fsp3) is 0.364. The van der Waals surface area contributed by atoms with Gasteiger partial charge in [0, 0.05) is 16.6 Å². The van der Waals surface area contributed by atoms with Crippen LogP contribution in [-0.2, 0) is 16.5 Å². The van der Waals surface area contributed by atoms with Gasteiger partial charge in [0.2, 0.25) is 0 Å². The molecular formula is C11H9Br2F3OS. The van der Waals surface area contributed by atoms with Crippen molar-refractivity contribution in [3.63, 3.8) is 0 Å². The minimum Gasteiger partial charge on any atom is -0.298 e. The molecule has 0 spiro atoms. The molecule has 0 saturated heterocycles. The third-order valence-corrected chi connectivity index (χ3v) is 4.15. The van der Waals surface area contributed by atoms with Crippen LogP contribution < -0.4 is 0 Å². The molecule has 100 valence electrons. The summed E-state index contributed by atoms with van der Waals surface area (Å²) in [7, 11) is 0. The second-order valence-electron chi connectivity index (χ2n) is 3.47. The number of ketones is 1. The van der Waals surface area contributed by atoms with Crippen molar-refractivity contribution < 1.29 is 18.0 Å². The highest BCUT2D eigenvalue weighted by molar-refractivity contribution is 9.09. The van der Waals surface area contributed by atoms with E-state index < -0.39 is 5.51 Å². The molecule has 0 aliphatic carbocycles. The van der Waals surface area contributed by atoms with E-state index in [2.05, 4.69) is 31.9 Å². The summed E-state index contributed by atoms with van der Waals surface area (Å²) in [6, 6.07) is 4.75. The topological polar surface area (TPSA) is 17.1 Å². The summed E-state index contributed by atoms with van der Waals surface area (Å²) in [4.78, 5) is 11.4. The number of carbonyl (C=O) groups is 1. The number of hydrogen-bond acceptors (Lipinski definition) is 2. The van der Waals surface area contributed by atoms with Crippen LogP contribution in [0.3, 0.4) is 0 Å². The fourth-order valence-corrected chi connectivity index (χ4v) is 2.59. The van der Waals surface area contributed by atoms with E-state index in [0.717, 1.165) is 5.56 Å². The Morgan fingerprint density at radius 3 is 2.44 bits per heavy atom. The van der Waals surface area contributed by atoms with E-state index in [1.165, 1.54) is 6.07 Å². The van der Waals surface area contributed by atoms with Gasteiger partial charge in [0.25, 0.3) is 0 Å². The molecule has 0 amide bonds. The second-order valence-corrected chi connectivity index (χ2v) is 5.70. The first-order chi connectivity index (χ1) is 8.35. The van der Waals surface area contributed by atoms with Gasteiger partial charge in [-0.3, -0.25) is 4.79 Å². The van der Waals surface area contributed by atoms with Crippen molar-refractivity contribution in [2.45, 2.75) is 22.2 Å². The molecule has 0 N–H and O–H groups in total. The van der Waals surface area contributed by atoms with Gasteiger partial charge >= 0.3 is 5.51 Å². The standard InChI is InChI=1S/C11H9Br2F3OS/c12-5-7-1-2-8(4-9(17)6-13)10(3-7)18-11(14,15)16/h1-3H,4-6H2. The SMILES string of the molecule is O=C(CBr)Cc1ccc(CBr)cc1SC(F)(F)F. The summed E-state index contributed by atoms with van der Waals surface area (Å²) in [5.41, 5.74) is -3.19. The van der Waals surface area contributed by atoms with E-state index in [1.807, 2.05) is 0 Å². The van der Waals surface area contributed by atoms with E-state index in [1.54, 1.807) is 12.1 Å². The van der Waals surface area contributed by atoms with E-state index in [9.17, 15) is 18.0 Å². The maximum Gasteiger partial charge on any atom is 0.446 e. The molecule has 1 aromatic rings. The number of halogens is 5. The number of thioether (sulfide) groups is 1. The lowest BCUT2D eigenvalue weighted by Crippen LogP contribution is -2.07. The van der Waals surface area contributed by atoms with E-state index in [0.29, 0.717) is 10.9 Å². The minimum atomic E-state index is -4.35. The van der Waals surface area contributed by atoms with Crippen LogP contribution in [0.4, 0.5) is 13.2 Å². The highest BCUT2D eigenvalue weighted by Gasteiger charge is 2.30. The van der Waals surface area contributed by atoms with E-state index >= 15 is 0 Å². The second kappa shape index (κ2) is 6.96. The third-order valence-electron chi connectivity index (χ3n) is 2.05. The zero-order chi connectivity index (χ0) is 13.8. The van der Waals surface area contributed by atoms with Gasteiger partial charge < -0.3 is 0 Å². The molecule has 0 saturated carbocycles. The highest BCUT2D eigenvalue weighted by atomic mass is 79.9. The molecule has 7 heteroatoms. The average Bonchev–Trinajstić information content (AvgIpc) is 2.29. The van der Waals surface area contributed by atoms with Crippen LogP contribution >= 0.6 is 43.6 Å². The molecule has 0 radical (unpaired) electrons. The van der Waals surface area contributed by atoms with Gasteiger partial charge in [-0.1, -0.05) is 44.0 Å². The van der Waals surface area contributed by atoms with Crippen LogP contribution in [-0.4, -0.2) is 16.6 Å². The van der Waals surface area contributed by atoms with Crippen LogP contribution in [0.1, 0.15) is 11.1 Å². The average molecular weight is 406 g/mol. The Hall–Kier alpha value is -0.0100. The van der Waals surface area contributed by atoms with Crippen molar-refractivity contribution in [2.75, 3.05) is 5.33 Å². The number of Topliss-reactive ketones (excluding diaryl/α,β-unsaturated/α-hetero) is 1. The molecule has 0 aliphatic rings. The maximum atomic E-state index is 12.4. The van der Waals surface area contributed by atoms with Crippen LogP contribution in [0.2, 0.25) is 0 Å². The lowest BCUT2D eigenvalue weighted by atomic mass is 10.1. The predicted octanol–water partition coefficient (Wildman–Crippen LogP) is 4.70. The molecule has 0 aliphatic heterocycles. The Balaban J connectivity index is 3.04. The van der Waals surface area contributed by atoms with Crippen LogP contribution in [0.15, 0.2) is 23.1 Å². The number of alkyl halides is 5. The van der Waals surface area contributed by atoms with Crippen molar-refractivity contribution in [1.82, 2.24) is 0 Å². The normalized spacial score (nSPS) is 11.6. The van der Waals surface area contributed by atoms with Crippen molar-refractivity contribution in [2.24, 2.45) is 0 Å². The molecule has 1 aromatic carbocycles. The molecule has 0 atom stereocenters. The Morgan fingerprint density at radius 2 is 1.94 bits per heavy atom. The summed E-state index contributed by atoms with van der Waals surface area (Å²) in [6.07, 6.45) is 0.00618. The summed E-state index contributed by atoms with van der Waals surface area (Å²) < 4.78 is 37.3. The monoisotopic (exact) mass is 404 g/mol. The first-order valence-corrected chi connectivity index (χ1v) is 7.93. The molecular weight excluding hydrogens is 397 g/mol. The molecule has 0 bridgehead atoms. The summed E-state index contributed by atoms with van der Waals surface area (Å²) >= 11 is 6.02. The first kappa shape index (κ1) is 16.0. The van der Waals surface area contributed by atoms with Crippen molar-refractivity contribution >= 4 is 49.4 Å². The molecule has 1 nitrogen and oxygen atoms in total. The Kier molecular flexibility index (Phi) is 6.20. The summed E-state index contributed by atoms with van der Waals surface area (Å²) in [6.45, 7) is 0. The Morgan fingerprint density at radius 1 is 1.28 bits per heavy atom. The minimum absolute atomic E-state index is 0.00618. The van der Waals surface area contributed by atoms with Crippen LogP contribution in [0.5, 0.6) is 0 Å². The zero-order valence-corrected chi connectivity index (χ0v) is 13.0. The molecule has 1 rings (SSSR count). The number of hydrogen-bond donors (Lipinski definition) is 0. The first-order valence-electron chi connectivity index (χ1n) is 4.87. The van der Waals surface area contributed by atoms with Gasteiger partial charge in [0.1, 0.15) is 5.78 Å². The molecule has 18 heavy (non-hydrogen) atoms. The molecule has 0 heterocycles. The van der Waals surface area contributed by atoms with Crippen LogP contribution in [0.25, 0.3) is 0 Å². The number of benzene rings is 1. The predicted molar refractivity (Wildman–Crippen MR) is 73.5 cm³/mol. The lowest BCUT2D eigenvalue weighted by molar-refractivity contribution is -0.115. The number of carbonyl (C=O) groups excluding carboxylic acids is 1. The fourth-order valence-electron chi connectivity index (χ4n) is 1.31.